The van der Waals surface area contributed by atoms with Crippen LogP contribution in [0.15, 0.2) is 154 Å². The lowest BCUT2D eigenvalue weighted by molar-refractivity contribution is 0.426. The van der Waals surface area contributed by atoms with Crippen molar-refractivity contribution in [2.24, 2.45) is 0 Å². The van der Waals surface area contributed by atoms with E-state index in [1.54, 1.807) is 18.2 Å². The molecule has 10 nitrogen and oxygen atoms in total. The molecule has 0 aliphatic rings. The van der Waals surface area contributed by atoms with Gasteiger partial charge in [0, 0.05) is 60.8 Å². The topological polar surface area (TPSA) is 144 Å². The minimum atomic E-state index is -1.45. The number of nitrogens with zero attached hydrogens (tertiary/aromatic N) is 6. The summed E-state index contributed by atoms with van der Waals surface area (Å²) in [6.45, 7) is 0. The van der Waals surface area contributed by atoms with Gasteiger partial charge in [-0.15, -0.1) is 0 Å². The van der Waals surface area contributed by atoms with E-state index in [9.17, 15) is 0 Å². The normalized spacial score (nSPS) is 10.6. The van der Waals surface area contributed by atoms with Crippen molar-refractivity contribution in [3.8, 4) is 34.2 Å². The van der Waals surface area contributed by atoms with Gasteiger partial charge in [-0.25, -0.2) is 4.98 Å². The molecule has 281 valence electrons. The van der Waals surface area contributed by atoms with E-state index in [0.717, 1.165) is 67.6 Å². The molecule has 0 bridgehead atoms. The first-order valence-electron chi connectivity index (χ1n) is 17.7. The number of hydrogen-bond acceptors (Lipinski definition) is 10. The second-order valence-corrected chi connectivity index (χ2v) is 13.4. The minimum absolute atomic E-state index is 0.101. The van der Waals surface area contributed by atoms with E-state index >= 15 is 0 Å². The molecule has 0 saturated heterocycles. The number of fused-ring (bicyclic) bond motifs is 6. The summed E-state index contributed by atoms with van der Waals surface area (Å²) in [4.78, 5) is 24.8. The molecule has 2 N–H and O–H groups in total. The molecule has 6 aromatic carbocycles. The lowest BCUT2D eigenvalue weighted by atomic mass is 9.40. The Morgan fingerprint density at radius 2 is 0.814 bits per heavy atom. The molecule has 0 aliphatic carbocycles. The average molecular weight is 828 g/mol. The maximum atomic E-state index is 9.12. The molecule has 0 unspecified atom stereocenters. The Balaban J connectivity index is 0.000000138. The van der Waals surface area contributed by atoms with Crippen LogP contribution in [0.1, 0.15) is 0 Å². The van der Waals surface area contributed by atoms with Crippen LogP contribution in [-0.2, 0) is 0 Å². The zero-order valence-electron chi connectivity index (χ0n) is 30.7. The molecule has 10 aromatic rings. The summed E-state index contributed by atoms with van der Waals surface area (Å²) >= 11 is 17.5. The van der Waals surface area contributed by atoms with Gasteiger partial charge in [-0.05, 0) is 76.7 Å². The first kappa shape index (κ1) is 41.2. The predicted molar refractivity (Wildman–Crippen MR) is 239 cm³/mol. The van der Waals surface area contributed by atoms with Crippen LogP contribution < -0.4 is 5.46 Å². The molecule has 0 spiro atoms. The van der Waals surface area contributed by atoms with Crippen LogP contribution in [-0.4, -0.2) is 69.6 Å². The zero-order chi connectivity index (χ0) is 41.3. The summed E-state index contributed by atoms with van der Waals surface area (Å²) in [6.07, 6.45) is 0. The standard InChI is InChI=1S/C21H12ClN3O.C12H9BO3.C9H5Cl2N3.B3/c22-21-24-19(13-6-2-1-3-7-13)23-20(25-21)14-10-11-18-16(12-14)15-8-4-5-9-17(15)26-18;14-13(15)8-5-6-12-10(7-8)9-3-1-2-4-11(9)16-12;10-8-12-7(13-9(11)14-8)6-4-2-1-3-5-6;1-3-2/h1-12H;1-7,14-15H;1-5H;. The average Bonchev–Trinajstić information content (AvgIpc) is 3.82. The van der Waals surface area contributed by atoms with Crippen molar-refractivity contribution >= 4 is 114 Å². The highest BCUT2D eigenvalue weighted by atomic mass is 35.5. The summed E-state index contributed by atoms with van der Waals surface area (Å²) in [6, 6.07) is 45.9. The third-order valence-electron chi connectivity index (χ3n) is 8.59. The highest BCUT2D eigenvalue weighted by molar-refractivity contribution is 7.17. The summed E-state index contributed by atoms with van der Waals surface area (Å²) in [5.74, 6) is 1.57. The van der Waals surface area contributed by atoms with E-state index in [4.69, 9.17) is 53.7 Å². The van der Waals surface area contributed by atoms with Crippen molar-refractivity contribution in [3.05, 3.63) is 161 Å². The fourth-order valence-corrected chi connectivity index (χ4v) is 6.53. The highest BCUT2D eigenvalue weighted by Gasteiger charge is 2.15. The number of aromatic nitrogens is 6. The van der Waals surface area contributed by atoms with Crippen LogP contribution in [0.5, 0.6) is 0 Å². The molecule has 0 fully saturated rings. The van der Waals surface area contributed by atoms with Gasteiger partial charge in [0.15, 0.2) is 17.5 Å². The molecule has 0 atom stereocenters. The number of rotatable bonds is 4. The number of furan rings is 2. The van der Waals surface area contributed by atoms with Crippen LogP contribution >= 0.6 is 34.8 Å². The molecule has 17 heteroatoms. The third kappa shape index (κ3) is 10.00. The van der Waals surface area contributed by atoms with Gasteiger partial charge in [0.25, 0.3) is 0 Å². The van der Waals surface area contributed by atoms with E-state index in [2.05, 4.69) is 45.4 Å². The van der Waals surface area contributed by atoms with Crippen LogP contribution in [0.4, 0.5) is 0 Å². The van der Waals surface area contributed by atoms with Crippen molar-refractivity contribution in [1.29, 1.82) is 0 Å². The van der Waals surface area contributed by atoms with E-state index in [-0.39, 0.29) is 15.9 Å². The molecular weight excluding hydrogens is 802 g/mol. The minimum Gasteiger partial charge on any atom is -0.456 e. The van der Waals surface area contributed by atoms with E-state index in [1.807, 2.05) is 127 Å². The fraction of sp³-hybridized carbons (Fsp3) is 0. The van der Waals surface area contributed by atoms with Crippen LogP contribution in [0, 0.1) is 0 Å². The third-order valence-corrected chi connectivity index (χ3v) is 9.09. The summed E-state index contributed by atoms with van der Waals surface area (Å²) in [5.41, 5.74) is 6.35. The molecule has 0 saturated carbocycles. The highest BCUT2D eigenvalue weighted by Crippen LogP contribution is 2.32. The molecule has 4 aromatic heterocycles. The first-order valence-corrected chi connectivity index (χ1v) is 18.9. The smallest absolute Gasteiger partial charge is 0.456 e. The Bertz CT molecular complexity index is 2980. The molecule has 4 heterocycles. The van der Waals surface area contributed by atoms with Gasteiger partial charge >= 0.3 is 7.12 Å². The summed E-state index contributed by atoms with van der Waals surface area (Å²) in [5, 5.41) is 22.6. The molecule has 5 radical (unpaired) electrons. The van der Waals surface area contributed by atoms with Gasteiger partial charge in [0.1, 0.15) is 22.3 Å². The lowest BCUT2D eigenvalue weighted by Crippen LogP contribution is -2.29. The van der Waals surface area contributed by atoms with Crippen molar-refractivity contribution in [1.82, 2.24) is 29.9 Å². The molecule has 59 heavy (non-hydrogen) atoms. The maximum Gasteiger partial charge on any atom is 0.488 e. The number of para-hydroxylation sites is 2. The van der Waals surface area contributed by atoms with Gasteiger partial charge in [0.2, 0.25) is 15.9 Å². The predicted octanol–water partition coefficient (Wildman–Crippen LogP) is 8.73. The van der Waals surface area contributed by atoms with Crippen molar-refractivity contribution in [2.45, 2.75) is 0 Å². The van der Waals surface area contributed by atoms with Crippen molar-refractivity contribution in [3.63, 3.8) is 0 Å². The zero-order valence-corrected chi connectivity index (χ0v) is 33.0. The molecule has 0 amide bonds. The monoisotopic (exact) mass is 827 g/mol. The Hall–Kier alpha value is -6.01. The van der Waals surface area contributed by atoms with E-state index in [0.29, 0.717) is 22.9 Å². The van der Waals surface area contributed by atoms with Crippen LogP contribution in [0.25, 0.3) is 78.0 Å². The van der Waals surface area contributed by atoms with Gasteiger partial charge < -0.3 is 18.9 Å². The van der Waals surface area contributed by atoms with E-state index in [1.165, 1.54) is 0 Å². The Kier molecular flexibility index (Phi) is 13.4. The molecule has 10 rings (SSSR count). The number of hydrogen-bond donors (Lipinski definition) is 2. The molecule has 0 aliphatic heterocycles. The second-order valence-electron chi connectivity index (χ2n) is 12.4. The SMILES string of the molecule is Clc1nc(-c2ccccc2)nc(-c2ccc3oc4ccccc4c3c2)n1.Clc1nc(Cl)nc(-c2ccccc2)n1.OB(O)c1ccc2oc3ccccc3c2c1.[B][B][B]. The van der Waals surface area contributed by atoms with Gasteiger partial charge in [-0.3, -0.25) is 0 Å². The van der Waals surface area contributed by atoms with Crippen LogP contribution in [0.3, 0.4) is 0 Å². The van der Waals surface area contributed by atoms with Crippen LogP contribution in [0.2, 0.25) is 15.9 Å². The Morgan fingerprint density at radius 3 is 1.32 bits per heavy atom. The van der Waals surface area contributed by atoms with Crippen molar-refractivity contribution in [2.75, 3.05) is 0 Å². The Morgan fingerprint density at radius 1 is 0.424 bits per heavy atom. The largest absolute Gasteiger partial charge is 0.488 e. The lowest BCUT2D eigenvalue weighted by Gasteiger charge is -2.05. The number of halogens is 3. The van der Waals surface area contributed by atoms with Crippen molar-refractivity contribution < 1.29 is 18.9 Å². The fourth-order valence-electron chi connectivity index (χ4n) is 6.01. The first-order chi connectivity index (χ1) is 28.7. The number of benzene rings is 6. The second kappa shape index (κ2) is 19.2. The summed E-state index contributed by atoms with van der Waals surface area (Å²) in [7, 11) is 8.55. The van der Waals surface area contributed by atoms with Gasteiger partial charge in [0.05, 0.1) is 0 Å². The quantitative estimate of drug-likeness (QED) is 0.165. The van der Waals surface area contributed by atoms with E-state index < -0.39 is 7.12 Å². The molecular formula is C42H26B4Cl3N6O4. The van der Waals surface area contributed by atoms with Gasteiger partial charge in [-0.2, -0.15) is 24.9 Å². The Labute approximate surface area is 356 Å². The van der Waals surface area contributed by atoms with Gasteiger partial charge in [-0.1, -0.05) is 109 Å². The maximum absolute atomic E-state index is 9.12. The summed E-state index contributed by atoms with van der Waals surface area (Å²) < 4.78 is 11.5.